The Balaban J connectivity index is 1.72. The number of hydrogen-bond acceptors (Lipinski definition) is 5. The van der Waals surface area contributed by atoms with Gasteiger partial charge in [0, 0.05) is 31.6 Å². The Labute approximate surface area is 152 Å². The molecule has 0 bridgehead atoms. The lowest BCUT2D eigenvalue weighted by Crippen LogP contribution is -2.30. The predicted octanol–water partition coefficient (Wildman–Crippen LogP) is 2.40. The zero-order valence-electron chi connectivity index (χ0n) is 15.4. The van der Waals surface area contributed by atoms with Crippen LogP contribution >= 0.6 is 0 Å². The number of rotatable bonds is 6. The molecule has 1 amide bonds. The van der Waals surface area contributed by atoms with Gasteiger partial charge in [-0.05, 0) is 19.1 Å². The quantitative estimate of drug-likeness (QED) is 0.734. The third-order valence-corrected chi connectivity index (χ3v) is 4.39. The topological polar surface area (TPSA) is 92.6 Å². The summed E-state index contributed by atoms with van der Waals surface area (Å²) in [5.41, 5.74) is 2.03. The number of aromatic amines is 1. The highest BCUT2D eigenvalue weighted by molar-refractivity contribution is 5.92. The van der Waals surface area contributed by atoms with Crippen LogP contribution in [0.4, 0.5) is 0 Å². The van der Waals surface area contributed by atoms with Gasteiger partial charge in [0.1, 0.15) is 17.8 Å². The minimum Gasteiger partial charge on any atom is -0.332 e. The Morgan fingerprint density at radius 1 is 1.27 bits per heavy atom. The van der Waals surface area contributed by atoms with E-state index in [1.54, 1.807) is 36.5 Å². The zero-order chi connectivity index (χ0) is 18.7. The van der Waals surface area contributed by atoms with E-state index in [9.17, 15) is 4.79 Å². The summed E-state index contributed by atoms with van der Waals surface area (Å²) in [6.45, 7) is 6.72. The van der Waals surface area contributed by atoms with Gasteiger partial charge in [0.2, 0.25) is 0 Å². The molecule has 1 atom stereocenters. The molecule has 8 nitrogen and oxygen atoms in total. The lowest BCUT2D eigenvalue weighted by molar-refractivity contribution is 0.0733. The highest BCUT2D eigenvalue weighted by Crippen LogP contribution is 2.18. The summed E-state index contributed by atoms with van der Waals surface area (Å²) in [4.78, 5) is 26.9. The van der Waals surface area contributed by atoms with Gasteiger partial charge < -0.3 is 9.47 Å². The first-order valence-electron chi connectivity index (χ1n) is 8.55. The van der Waals surface area contributed by atoms with E-state index in [2.05, 4.69) is 43.6 Å². The number of carbonyl (C=O) groups excluding carboxylic acids is 1. The van der Waals surface area contributed by atoms with Crippen LogP contribution in [0.15, 0.2) is 37.1 Å². The van der Waals surface area contributed by atoms with E-state index in [1.807, 2.05) is 13.1 Å². The van der Waals surface area contributed by atoms with Crippen molar-refractivity contribution in [1.29, 1.82) is 0 Å². The molecule has 0 fully saturated rings. The van der Waals surface area contributed by atoms with E-state index in [4.69, 9.17) is 0 Å². The molecule has 136 valence electrons. The largest absolute Gasteiger partial charge is 0.332 e. The Bertz CT molecular complexity index is 869. The number of carbonyl (C=O) groups is 1. The predicted molar refractivity (Wildman–Crippen MR) is 96.5 cm³/mol. The van der Waals surface area contributed by atoms with Gasteiger partial charge in [-0.25, -0.2) is 15.0 Å². The maximum Gasteiger partial charge on any atom is 0.274 e. The molecule has 26 heavy (non-hydrogen) atoms. The second-order valence-electron chi connectivity index (χ2n) is 6.57. The number of aromatic nitrogens is 6. The van der Waals surface area contributed by atoms with Crippen LogP contribution in [0.3, 0.4) is 0 Å². The van der Waals surface area contributed by atoms with Crippen LogP contribution in [0, 0.1) is 0 Å². The first-order valence-corrected chi connectivity index (χ1v) is 8.55. The van der Waals surface area contributed by atoms with Gasteiger partial charge in [0.15, 0.2) is 0 Å². The van der Waals surface area contributed by atoms with Gasteiger partial charge in [-0.15, -0.1) is 0 Å². The molecular weight excluding hydrogens is 330 g/mol. The standard InChI is InChI=1S/C18H23N7O/c1-12(2)17-20-7-8-25(17)10-14-9-16(23-22-14)18(26)24(4)13(3)15-5-6-19-11-21-15/h5-9,11-13H,10H2,1-4H3,(H,22,23). The Morgan fingerprint density at radius 2 is 2.08 bits per heavy atom. The van der Waals surface area contributed by atoms with Crippen LogP contribution in [0.2, 0.25) is 0 Å². The average molecular weight is 353 g/mol. The van der Waals surface area contributed by atoms with Gasteiger partial charge in [-0.1, -0.05) is 13.8 Å². The molecule has 3 aromatic rings. The molecule has 0 aromatic carbocycles. The monoisotopic (exact) mass is 353 g/mol. The molecular formula is C18H23N7O. The van der Waals surface area contributed by atoms with E-state index < -0.39 is 0 Å². The molecule has 3 heterocycles. The fourth-order valence-electron chi connectivity index (χ4n) is 2.79. The van der Waals surface area contributed by atoms with Crippen molar-refractivity contribution < 1.29 is 4.79 Å². The Morgan fingerprint density at radius 3 is 2.77 bits per heavy atom. The van der Waals surface area contributed by atoms with Crippen molar-refractivity contribution in [2.24, 2.45) is 0 Å². The van der Waals surface area contributed by atoms with Crippen molar-refractivity contribution in [1.82, 2.24) is 34.6 Å². The number of amides is 1. The minimum atomic E-state index is -0.174. The molecule has 1 unspecified atom stereocenters. The molecule has 0 saturated carbocycles. The fraction of sp³-hybridized carbons (Fsp3) is 0.389. The van der Waals surface area contributed by atoms with Crippen molar-refractivity contribution in [3.63, 3.8) is 0 Å². The van der Waals surface area contributed by atoms with Gasteiger partial charge in [0.05, 0.1) is 24.0 Å². The maximum atomic E-state index is 12.7. The van der Waals surface area contributed by atoms with Crippen LogP contribution in [-0.4, -0.2) is 47.6 Å². The number of imidazole rings is 1. The number of H-pyrrole nitrogens is 1. The SMILES string of the molecule is CC(C)c1nccn1Cc1cc(C(=O)N(C)C(C)c2ccncn2)n[nH]1. The van der Waals surface area contributed by atoms with Crippen LogP contribution in [-0.2, 0) is 6.54 Å². The normalized spacial score (nSPS) is 12.3. The summed E-state index contributed by atoms with van der Waals surface area (Å²) in [7, 11) is 1.75. The first kappa shape index (κ1) is 17.8. The summed E-state index contributed by atoms with van der Waals surface area (Å²) < 4.78 is 2.06. The molecule has 1 N–H and O–H groups in total. The van der Waals surface area contributed by atoms with Gasteiger partial charge in [-0.3, -0.25) is 9.89 Å². The van der Waals surface area contributed by atoms with Gasteiger partial charge in [-0.2, -0.15) is 5.10 Å². The number of nitrogens with zero attached hydrogens (tertiary/aromatic N) is 6. The van der Waals surface area contributed by atoms with Gasteiger partial charge in [0.25, 0.3) is 5.91 Å². The average Bonchev–Trinajstić information content (AvgIpc) is 3.30. The number of nitrogens with one attached hydrogen (secondary N) is 1. The lowest BCUT2D eigenvalue weighted by atomic mass is 10.2. The molecule has 0 aliphatic rings. The van der Waals surface area contributed by atoms with Gasteiger partial charge >= 0.3 is 0 Å². The van der Waals surface area contributed by atoms with E-state index in [0.29, 0.717) is 18.2 Å². The van der Waals surface area contributed by atoms with Crippen LogP contribution < -0.4 is 0 Å². The Kier molecular flexibility index (Phi) is 5.11. The van der Waals surface area contributed by atoms with E-state index in [0.717, 1.165) is 17.2 Å². The fourth-order valence-corrected chi connectivity index (χ4v) is 2.79. The lowest BCUT2D eigenvalue weighted by Gasteiger charge is -2.23. The summed E-state index contributed by atoms with van der Waals surface area (Å²) in [6.07, 6.45) is 6.87. The van der Waals surface area contributed by atoms with Crippen LogP contribution in [0.25, 0.3) is 0 Å². The third-order valence-electron chi connectivity index (χ3n) is 4.39. The molecule has 0 saturated heterocycles. The molecule has 0 aliphatic heterocycles. The molecule has 0 aliphatic carbocycles. The highest BCUT2D eigenvalue weighted by atomic mass is 16.2. The third kappa shape index (κ3) is 3.63. The smallest absolute Gasteiger partial charge is 0.274 e. The van der Waals surface area contributed by atoms with Crippen LogP contribution in [0.1, 0.15) is 60.4 Å². The van der Waals surface area contributed by atoms with Crippen molar-refractivity contribution in [2.45, 2.75) is 39.3 Å². The first-order chi connectivity index (χ1) is 12.5. The zero-order valence-corrected chi connectivity index (χ0v) is 15.4. The van der Waals surface area contributed by atoms with Crippen molar-refractivity contribution in [3.05, 3.63) is 60.0 Å². The Hall–Kier alpha value is -3.03. The molecule has 3 aromatic heterocycles. The molecule has 0 spiro atoms. The van der Waals surface area contributed by atoms with E-state index in [1.165, 1.54) is 6.33 Å². The second kappa shape index (κ2) is 7.47. The molecule has 8 heteroatoms. The molecule has 0 radical (unpaired) electrons. The van der Waals surface area contributed by atoms with E-state index >= 15 is 0 Å². The molecule has 3 rings (SSSR count). The van der Waals surface area contributed by atoms with Crippen LogP contribution in [0.5, 0.6) is 0 Å². The van der Waals surface area contributed by atoms with Crippen molar-refractivity contribution in [3.8, 4) is 0 Å². The summed E-state index contributed by atoms with van der Waals surface area (Å²) in [6, 6.07) is 3.42. The van der Waals surface area contributed by atoms with Crippen molar-refractivity contribution in [2.75, 3.05) is 7.05 Å². The second-order valence-corrected chi connectivity index (χ2v) is 6.57. The minimum absolute atomic E-state index is 0.159. The highest BCUT2D eigenvalue weighted by Gasteiger charge is 2.22. The summed E-state index contributed by atoms with van der Waals surface area (Å²) in [5, 5.41) is 7.14. The summed E-state index contributed by atoms with van der Waals surface area (Å²) >= 11 is 0. The maximum absolute atomic E-state index is 12.7. The number of hydrogen-bond donors (Lipinski definition) is 1. The van der Waals surface area contributed by atoms with E-state index in [-0.39, 0.29) is 11.9 Å². The van der Waals surface area contributed by atoms with Crippen molar-refractivity contribution >= 4 is 5.91 Å². The summed E-state index contributed by atoms with van der Waals surface area (Å²) in [5.74, 6) is 1.17.